The number of hydrogen-bond acceptors (Lipinski definition) is 1. The molecule has 0 aliphatic carbocycles. The van der Waals surface area contributed by atoms with Crippen LogP contribution in [0.3, 0.4) is 0 Å². The maximum atomic E-state index is 5.59. The van der Waals surface area contributed by atoms with E-state index in [1.54, 1.807) is 0 Å². The van der Waals surface area contributed by atoms with Crippen molar-refractivity contribution in [2.75, 3.05) is 0 Å². The zero-order chi connectivity index (χ0) is 38.8. The molecule has 2 aromatic heterocycles. The van der Waals surface area contributed by atoms with Gasteiger partial charge in [0.2, 0.25) is 0 Å². The van der Waals surface area contributed by atoms with Gasteiger partial charge in [-0.1, -0.05) is 125 Å². The first-order valence-corrected chi connectivity index (χ1v) is 20.6. The Kier molecular flexibility index (Phi) is 6.40. The Morgan fingerprint density at radius 3 is 1.91 bits per heavy atom. The van der Waals surface area contributed by atoms with E-state index in [1.807, 2.05) is 0 Å². The van der Waals surface area contributed by atoms with E-state index in [1.165, 1.54) is 121 Å². The standard InChI is InChI=1S/C53H44BN3/c1-28(2)32-20-21-37-40-27-39-36-16-10-9-14-34(36)35-15-11-12-17-38(35)47(39)49-50(40)56(43(37)24-32)44-25-33(53(6,7)8)26-45-48(44)54(49)41-18-13-19-42-51(41)57(45)52(55-42)46-30(4)22-29(3)23-31(46)5/h9-28H,1-8H3. The second-order valence-electron chi connectivity index (χ2n) is 18.3. The molecule has 8 aromatic carbocycles. The fourth-order valence-electron chi connectivity index (χ4n) is 11.0. The Hall–Kier alpha value is -6.13. The van der Waals surface area contributed by atoms with Crippen LogP contribution in [0.2, 0.25) is 0 Å². The molecule has 2 aliphatic heterocycles. The summed E-state index contributed by atoms with van der Waals surface area (Å²) in [6, 6.07) is 44.5. The van der Waals surface area contributed by atoms with Crippen LogP contribution in [0.25, 0.3) is 87.9 Å². The molecule has 0 fully saturated rings. The highest BCUT2D eigenvalue weighted by Gasteiger charge is 2.43. The maximum Gasteiger partial charge on any atom is 0.253 e. The Bertz CT molecular complexity index is 3440. The lowest BCUT2D eigenvalue weighted by Gasteiger charge is -2.36. The number of rotatable bonds is 2. The van der Waals surface area contributed by atoms with Gasteiger partial charge in [0.25, 0.3) is 6.71 Å². The maximum absolute atomic E-state index is 5.59. The van der Waals surface area contributed by atoms with Gasteiger partial charge in [-0.15, -0.1) is 0 Å². The average Bonchev–Trinajstić information content (AvgIpc) is 3.73. The predicted octanol–water partition coefficient (Wildman–Crippen LogP) is 11.7. The quantitative estimate of drug-likeness (QED) is 0.128. The summed E-state index contributed by atoms with van der Waals surface area (Å²) in [4.78, 5) is 5.59. The molecule has 10 aromatic rings. The van der Waals surface area contributed by atoms with E-state index in [0.29, 0.717) is 5.92 Å². The fourth-order valence-corrected chi connectivity index (χ4v) is 11.0. The number of benzene rings is 8. The van der Waals surface area contributed by atoms with Gasteiger partial charge in [-0.25, -0.2) is 4.98 Å². The molecule has 57 heavy (non-hydrogen) atoms. The van der Waals surface area contributed by atoms with Crippen molar-refractivity contribution in [1.82, 2.24) is 14.1 Å². The van der Waals surface area contributed by atoms with Gasteiger partial charge in [0, 0.05) is 27.7 Å². The van der Waals surface area contributed by atoms with Crippen molar-refractivity contribution in [3.63, 3.8) is 0 Å². The lowest BCUT2D eigenvalue weighted by molar-refractivity contribution is 0.589. The SMILES string of the molecule is Cc1cc(C)c(-c2nc3cccc4c3n2-c2cc(C(C)(C)C)cc3c2B4c2c4c5ccccc5c5ccccc5c4cc4c5ccc(C(C)C)cc5n-3c24)c(C)c1. The normalized spacial score (nSPS) is 13.4. The minimum atomic E-state index is -0.0858. The molecule has 0 radical (unpaired) electrons. The van der Waals surface area contributed by atoms with Crippen molar-refractivity contribution in [1.29, 1.82) is 0 Å². The molecule has 12 rings (SSSR count). The molecule has 0 saturated heterocycles. The van der Waals surface area contributed by atoms with Gasteiger partial charge < -0.3 is 4.57 Å². The molecule has 2 aliphatic rings. The second-order valence-corrected chi connectivity index (χ2v) is 18.3. The highest BCUT2D eigenvalue weighted by Crippen LogP contribution is 2.45. The van der Waals surface area contributed by atoms with E-state index in [4.69, 9.17) is 4.98 Å². The van der Waals surface area contributed by atoms with Crippen LogP contribution in [-0.4, -0.2) is 20.8 Å². The van der Waals surface area contributed by atoms with Crippen LogP contribution < -0.4 is 16.4 Å². The summed E-state index contributed by atoms with van der Waals surface area (Å²) in [5.41, 5.74) is 19.2. The van der Waals surface area contributed by atoms with Crippen molar-refractivity contribution in [3.05, 3.63) is 143 Å². The minimum absolute atomic E-state index is 0.00197. The van der Waals surface area contributed by atoms with E-state index in [-0.39, 0.29) is 12.1 Å². The number of imidazole rings is 1. The van der Waals surface area contributed by atoms with E-state index >= 15 is 0 Å². The van der Waals surface area contributed by atoms with Crippen LogP contribution >= 0.6 is 0 Å². The van der Waals surface area contributed by atoms with Crippen LogP contribution in [0, 0.1) is 20.8 Å². The molecule has 274 valence electrons. The first-order valence-electron chi connectivity index (χ1n) is 20.6. The topological polar surface area (TPSA) is 22.8 Å². The molecule has 0 atom stereocenters. The summed E-state index contributed by atoms with van der Waals surface area (Å²) in [5, 5.41) is 10.6. The van der Waals surface area contributed by atoms with Crippen LogP contribution in [0.15, 0.2) is 115 Å². The third kappa shape index (κ3) is 4.21. The molecule has 4 heterocycles. The molecule has 0 spiro atoms. The van der Waals surface area contributed by atoms with Gasteiger partial charge >= 0.3 is 0 Å². The molecule has 0 N–H and O–H groups in total. The number of para-hydroxylation sites is 1. The van der Waals surface area contributed by atoms with Crippen molar-refractivity contribution in [2.24, 2.45) is 0 Å². The summed E-state index contributed by atoms with van der Waals surface area (Å²) in [5.74, 6) is 1.44. The third-order valence-corrected chi connectivity index (χ3v) is 13.5. The summed E-state index contributed by atoms with van der Waals surface area (Å²) in [6.45, 7) is 18.4. The van der Waals surface area contributed by atoms with Crippen molar-refractivity contribution in [3.8, 4) is 22.8 Å². The molecule has 0 amide bonds. The summed E-state index contributed by atoms with van der Waals surface area (Å²) in [7, 11) is 0. The molecule has 0 saturated carbocycles. The number of fused-ring (bicyclic) bond motifs is 14. The zero-order valence-electron chi connectivity index (χ0n) is 34.0. The van der Waals surface area contributed by atoms with Crippen LogP contribution in [0.5, 0.6) is 0 Å². The fraction of sp³-hybridized carbons (Fsp3) is 0.189. The summed E-state index contributed by atoms with van der Waals surface area (Å²) >= 11 is 0. The molecule has 0 unspecified atom stereocenters. The Labute approximate surface area is 333 Å². The van der Waals surface area contributed by atoms with E-state index in [2.05, 4.69) is 180 Å². The number of aromatic nitrogens is 3. The van der Waals surface area contributed by atoms with Gasteiger partial charge in [-0.05, 0) is 133 Å². The highest BCUT2D eigenvalue weighted by atomic mass is 15.1. The first-order chi connectivity index (χ1) is 27.5. The molecule has 3 nitrogen and oxygen atoms in total. The van der Waals surface area contributed by atoms with E-state index in [0.717, 1.165) is 11.3 Å². The first kappa shape index (κ1) is 33.1. The van der Waals surface area contributed by atoms with Gasteiger partial charge in [-0.2, -0.15) is 0 Å². The van der Waals surface area contributed by atoms with E-state index < -0.39 is 0 Å². The van der Waals surface area contributed by atoms with Crippen molar-refractivity contribution in [2.45, 2.75) is 66.7 Å². The van der Waals surface area contributed by atoms with Crippen molar-refractivity contribution >= 4 is 88.3 Å². The monoisotopic (exact) mass is 733 g/mol. The smallest absolute Gasteiger partial charge is 0.253 e. The molecular weight excluding hydrogens is 689 g/mol. The summed E-state index contributed by atoms with van der Waals surface area (Å²) in [6.07, 6.45) is 0. The van der Waals surface area contributed by atoms with Crippen LogP contribution in [-0.2, 0) is 5.41 Å². The third-order valence-electron chi connectivity index (χ3n) is 13.5. The Balaban J connectivity index is 1.37. The van der Waals surface area contributed by atoms with Crippen LogP contribution in [0.1, 0.15) is 68.4 Å². The van der Waals surface area contributed by atoms with Crippen molar-refractivity contribution < 1.29 is 0 Å². The molecular formula is C53H44BN3. The van der Waals surface area contributed by atoms with Gasteiger partial charge in [0.15, 0.2) is 0 Å². The lowest BCUT2D eigenvalue weighted by Crippen LogP contribution is -2.59. The van der Waals surface area contributed by atoms with E-state index in [9.17, 15) is 0 Å². The zero-order valence-corrected chi connectivity index (χ0v) is 34.0. The Morgan fingerprint density at radius 1 is 0.579 bits per heavy atom. The highest BCUT2D eigenvalue weighted by molar-refractivity contribution is 7.02. The predicted molar refractivity (Wildman–Crippen MR) is 245 cm³/mol. The van der Waals surface area contributed by atoms with Gasteiger partial charge in [0.05, 0.1) is 22.1 Å². The Morgan fingerprint density at radius 2 is 1.23 bits per heavy atom. The lowest BCUT2D eigenvalue weighted by atomic mass is 9.33. The van der Waals surface area contributed by atoms with Crippen LogP contribution in [0.4, 0.5) is 0 Å². The average molecular weight is 734 g/mol. The van der Waals surface area contributed by atoms with Gasteiger partial charge in [0.1, 0.15) is 5.82 Å². The largest absolute Gasteiger partial charge is 0.310 e. The number of nitrogens with zero attached hydrogens (tertiary/aromatic N) is 3. The molecule has 0 bridgehead atoms. The number of aryl methyl sites for hydroxylation is 3. The minimum Gasteiger partial charge on any atom is -0.310 e. The molecule has 4 heteroatoms. The second kappa shape index (κ2) is 11.0. The van der Waals surface area contributed by atoms with Gasteiger partial charge in [-0.3, -0.25) is 4.57 Å². The number of hydrogen-bond donors (Lipinski definition) is 0. The summed E-state index contributed by atoms with van der Waals surface area (Å²) < 4.78 is 5.22.